The average molecular weight is 178 g/mol. The van der Waals surface area contributed by atoms with Gasteiger partial charge in [-0.25, -0.2) is 4.79 Å². The highest BCUT2D eigenvalue weighted by Crippen LogP contribution is 2.28. The fourth-order valence-corrected chi connectivity index (χ4v) is 1.42. The van der Waals surface area contributed by atoms with Crippen molar-refractivity contribution in [1.29, 1.82) is 0 Å². The van der Waals surface area contributed by atoms with Gasteiger partial charge in [0.15, 0.2) is 0 Å². The summed E-state index contributed by atoms with van der Waals surface area (Å²) in [6.07, 6.45) is 0. The second-order valence-electron chi connectivity index (χ2n) is 2.80. The van der Waals surface area contributed by atoms with Gasteiger partial charge in [-0.15, -0.1) is 0 Å². The minimum absolute atomic E-state index is 0.279. The first kappa shape index (κ1) is 8.10. The lowest BCUT2D eigenvalue weighted by atomic mass is 10.1. The Morgan fingerprint density at radius 2 is 2.38 bits per heavy atom. The second kappa shape index (κ2) is 3.09. The first-order valence-electron chi connectivity index (χ1n) is 4.24. The van der Waals surface area contributed by atoms with Crippen molar-refractivity contribution in [2.45, 2.75) is 13.5 Å². The van der Waals surface area contributed by atoms with Crippen molar-refractivity contribution < 1.29 is 14.3 Å². The van der Waals surface area contributed by atoms with Crippen LogP contribution in [0.4, 0.5) is 0 Å². The Hall–Kier alpha value is -1.51. The Morgan fingerprint density at radius 1 is 1.54 bits per heavy atom. The lowest BCUT2D eigenvalue weighted by Crippen LogP contribution is -2.00. The van der Waals surface area contributed by atoms with Crippen LogP contribution in [0.25, 0.3) is 0 Å². The first-order valence-corrected chi connectivity index (χ1v) is 4.24. The van der Waals surface area contributed by atoms with E-state index in [1.54, 1.807) is 6.07 Å². The van der Waals surface area contributed by atoms with E-state index >= 15 is 0 Å². The molecule has 1 aromatic rings. The van der Waals surface area contributed by atoms with Gasteiger partial charge in [-0.05, 0) is 13.0 Å². The van der Waals surface area contributed by atoms with E-state index in [9.17, 15) is 4.79 Å². The van der Waals surface area contributed by atoms with Crippen LogP contribution in [0.5, 0.6) is 5.75 Å². The van der Waals surface area contributed by atoms with Crippen molar-refractivity contribution >= 4 is 5.97 Å². The summed E-state index contributed by atoms with van der Waals surface area (Å²) in [4.78, 5) is 11.3. The Bertz CT molecular complexity index is 344. The van der Waals surface area contributed by atoms with Crippen LogP contribution >= 0.6 is 0 Å². The van der Waals surface area contributed by atoms with E-state index < -0.39 is 0 Å². The quantitative estimate of drug-likeness (QED) is 0.647. The maximum atomic E-state index is 11.3. The van der Waals surface area contributed by atoms with Crippen molar-refractivity contribution in [2.24, 2.45) is 0 Å². The molecule has 0 N–H and O–H groups in total. The van der Waals surface area contributed by atoms with Gasteiger partial charge in [0, 0.05) is 5.56 Å². The van der Waals surface area contributed by atoms with Gasteiger partial charge in [0.1, 0.15) is 17.9 Å². The molecule has 1 aromatic carbocycles. The number of hydrogen-bond donors (Lipinski definition) is 0. The van der Waals surface area contributed by atoms with E-state index in [1.165, 1.54) is 0 Å². The average Bonchev–Trinajstić information content (AvgIpc) is 2.50. The third-order valence-electron chi connectivity index (χ3n) is 1.98. The van der Waals surface area contributed by atoms with Gasteiger partial charge in [-0.1, -0.05) is 12.1 Å². The third-order valence-corrected chi connectivity index (χ3v) is 1.98. The lowest BCUT2D eigenvalue weighted by Gasteiger charge is -2.05. The monoisotopic (exact) mass is 178 g/mol. The van der Waals surface area contributed by atoms with Crippen LogP contribution in [0.15, 0.2) is 18.2 Å². The largest absolute Gasteiger partial charge is 0.493 e. The zero-order valence-corrected chi connectivity index (χ0v) is 7.37. The molecule has 0 amide bonds. The molecule has 1 heterocycles. The smallest absolute Gasteiger partial charge is 0.342 e. The summed E-state index contributed by atoms with van der Waals surface area (Å²) in [5.41, 5.74) is 1.50. The van der Waals surface area contributed by atoms with Crippen LogP contribution in [-0.4, -0.2) is 12.6 Å². The van der Waals surface area contributed by atoms with E-state index in [1.807, 2.05) is 19.1 Å². The number of rotatable bonds is 2. The van der Waals surface area contributed by atoms with Gasteiger partial charge in [-0.2, -0.15) is 0 Å². The normalized spacial score (nSPS) is 13.8. The standard InChI is InChI=1S/C10H10O3/c1-2-12-8-5-3-4-7-6-13-10(11)9(7)8/h3-5H,2,6H2,1H3. The third kappa shape index (κ3) is 1.26. The van der Waals surface area contributed by atoms with E-state index in [2.05, 4.69) is 0 Å². The number of carbonyl (C=O) groups is 1. The van der Waals surface area contributed by atoms with Crippen LogP contribution in [0.1, 0.15) is 22.8 Å². The molecule has 1 aliphatic heterocycles. The molecular weight excluding hydrogens is 168 g/mol. The Balaban J connectivity index is 2.47. The van der Waals surface area contributed by atoms with Gasteiger partial charge < -0.3 is 9.47 Å². The summed E-state index contributed by atoms with van der Waals surface area (Å²) in [5.74, 6) is 0.349. The Kier molecular flexibility index (Phi) is 1.93. The summed E-state index contributed by atoms with van der Waals surface area (Å²) in [6, 6.07) is 5.53. The molecule has 2 rings (SSSR count). The van der Waals surface area contributed by atoms with Crippen LogP contribution in [-0.2, 0) is 11.3 Å². The van der Waals surface area contributed by atoms with Gasteiger partial charge in [0.25, 0.3) is 0 Å². The lowest BCUT2D eigenvalue weighted by molar-refractivity contribution is 0.0532. The molecule has 0 spiro atoms. The molecule has 0 aliphatic carbocycles. The molecule has 1 aliphatic rings. The van der Waals surface area contributed by atoms with Crippen LogP contribution < -0.4 is 4.74 Å². The van der Waals surface area contributed by atoms with Crippen LogP contribution in [0.2, 0.25) is 0 Å². The van der Waals surface area contributed by atoms with Gasteiger partial charge in [0.05, 0.1) is 6.61 Å². The molecule has 0 saturated heterocycles. The molecular formula is C10H10O3. The SMILES string of the molecule is CCOc1cccc2c1C(=O)OC2. The minimum Gasteiger partial charge on any atom is -0.493 e. The van der Waals surface area contributed by atoms with E-state index in [0.717, 1.165) is 5.56 Å². The maximum absolute atomic E-state index is 11.3. The topological polar surface area (TPSA) is 35.5 Å². The van der Waals surface area contributed by atoms with Gasteiger partial charge in [0.2, 0.25) is 0 Å². The maximum Gasteiger partial charge on any atom is 0.342 e. The molecule has 0 fully saturated rings. The predicted octanol–water partition coefficient (Wildman–Crippen LogP) is 1.76. The highest BCUT2D eigenvalue weighted by Gasteiger charge is 2.24. The predicted molar refractivity (Wildman–Crippen MR) is 46.7 cm³/mol. The highest BCUT2D eigenvalue weighted by molar-refractivity contribution is 5.96. The van der Waals surface area contributed by atoms with Gasteiger partial charge in [-0.3, -0.25) is 0 Å². The number of esters is 1. The molecule has 3 nitrogen and oxygen atoms in total. The van der Waals surface area contributed by atoms with E-state index in [-0.39, 0.29) is 5.97 Å². The summed E-state index contributed by atoms with van der Waals surface area (Å²) < 4.78 is 10.2. The van der Waals surface area contributed by atoms with Crippen LogP contribution in [0.3, 0.4) is 0 Å². The molecule has 0 aromatic heterocycles. The molecule has 0 saturated carbocycles. The fraction of sp³-hybridized carbons (Fsp3) is 0.300. The molecule has 13 heavy (non-hydrogen) atoms. The van der Waals surface area contributed by atoms with Crippen molar-refractivity contribution in [3.8, 4) is 5.75 Å². The number of benzene rings is 1. The molecule has 0 unspecified atom stereocenters. The minimum atomic E-state index is -0.279. The first-order chi connectivity index (χ1) is 6.33. The summed E-state index contributed by atoms with van der Waals surface area (Å²) in [5, 5.41) is 0. The molecule has 68 valence electrons. The van der Waals surface area contributed by atoms with Crippen molar-refractivity contribution in [2.75, 3.05) is 6.61 Å². The number of carbonyl (C=O) groups excluding carboxylic acids is 1. The molecule has 0 atom stereocenters. The Morgan fingerprint density at radius 3 is 3.15 bits per heavy atom. The summed E-state index contributed by atoms with van der Waals surface area (Å²) in [6.45, 7) is 2.82. The van der Waals surface area contributed by atoms with Crippen molar-refractivity contribution in [3.05, 3.63) is 29.3 Å². The van der Waals surface area contributed by atoms with Crippen molar-refractivity contribution in [3.63, 3.8) is 0 Å². The number of cyclic esters (lactones) is 1. The second-order valence-corrected chi connectivity index (χ2v) is 2.80. The highest BCUT2D eigenvalue weighted by atomic mass is 16.5. The van der Waals surface area contributed by atoms with Crippen LogP contribution in [0, 0.1) is 0 Å². The summed E-state index contributed by atoms with van der Waals surface area (Å²) in [7, 11) is 0. The fourth-order valence-electron chi connectivity index (χ4n) is 1.42. The number of fused-ring (bicyclic) bond motifs is 1. The zero-order chi connectivity index (χ0) is 9.26. The zero-order valence-electron chi connectivity index (χ0n) is 7.37. The Labute approximate surface area is 76.3 Å². The molecule has 3 heteroatoms. The summed E-state index contributed by atoms with van der Waals surface area (Å²) >= 11 is 0. The van der Waals surface area contributed by atoms with E-state index in [0.29, 0.717) is 24.5 Å². The number of hydrogen-bond acceptors (Lipinski definition) is 3. The number of ether oxygens (including phenoxy) is 2. The van der Waals surface area contributed by atoms with Gasteiger partial charge >= 0.3 is 5.97 Å². The van der Waals surface area contributed by atoms with Crippen molar-refractivity contribution in [1.82, 2.24) is 0 Å². The van der Waals surface area contributed by atoms with E-state index in [4.69, 9.17) is 9.47 Å². The molecule has 0 radical (unpaired) electrons. The molecule has 0 bridgehead atoms.